The van der Waals surface area contributed by atoms with Gasteiger partial charge < -0.3 is 14.0 Å². The van der Waals surface area contributed by atoms with Crippen LogP contribution < -0.4 is 0 Å². The van der Waals surface area contributed by atoms with Gasteiger partial charge in [0.1, 0.15) is 11.4 Å². The largest absolute Gasteiger partial charge is 0.464 e. The summed E-state index contributed by atoms with van der Waals surface area (Å²) in [5.41, 5.74) is 2.14. The standard InChI is InChI=1S/C20H20N4O3/c1-26-20(25)17-4-2-3-16(23-17)19-22-9-10-24(19)18-13-27-12-15(18)11-14-5-7-21-8-6-14/h2-10,15,18H,11-13H2,1H3/t15-,18-/m1/s1. The Bertz CT molecular complexity index is 926. The van der Waals surface area contributed by atoms with E-state index in [1.165, 1.54) is 12.7 Å². The zero-order chi connectivity index (χ0) is 18.6. The van der Waals surface area contributed by atoms with Crippen LogP contribution in [0.4, 0.5) is 0 Å². The van der Waals surface area contributed by atoms with Crippen molar-refractivity contribution in [3.05, 3.63) is 66.4 Å². The van der Waals surface area contributed by atoms with Gasteiger partial charge in [-0.2, -0.15) is 0 Å². The van der Waals surface area contributed by atoms with Crippen LogP contribution in [0.25, 0.3) is 11.5 Å². The first-order chi connectivity index (χ1) is 13.3. The molecule has 0 aromatic carbocycles. The summed E-state index contributed by atoms with van der Waals surface area (Å²) < 4.78 is 12.6. The summed E-state index contributed by atoms with van der Waals surface area (Å²) in [6.45, 7) is 1.32. The van der Waals surface area contributed by atoms with E-state index in [1.54, 1.807) is 18.3 Å². The first-order valence-corrected chi connectivity index (χ1v) is 8.81. The third kappa shape index (κ3) is 3.59. The summed E-state index contributed by atoms with van der Waals surface area (Å²) in [7, 11) is 1.34. The molecule has 1 fully saturated rings. The Morgan fingerprint density at radius 2 is 2.07 bits per heavy atom. The third-order valence-electron chi connectivity index (χ3n) is 4.81. The molecule has 0 radical (unpaired) electrons. The van der Waals surface area contributed by atoms with Gasteiger partial charge in [0, 0.05) is 30.7 Å². The third-order valence-corrected chi connectivity index (χ3v) is 4.81. The fraction of sp³-hybridized carbons (Fsp3) is 0.300. The van der Waals surface area contributed by atoms with Crippen LogP contribution in [0.15, 0.2) is 55.1 Å². The first kappa shape index (κ1) is 17.4. The summed E-state index contributed by atoms with van der Waals surface area (Å²) in [4.78, 5) is 24.8. The van der Waals surface area contributed by atoms with Crippen LogP contribution in [0.3, 0.4) is 0 Å². The maximum atomic E-state index is 11.8. The van der Waals surface area contributed by atoms with Crippen LogP contribution in [0, 0.1) is 5.92 Å². The molecule has 4 rings (SSSR count). The highest BCUT2D eigenvalue weighted by molar-refractivity contribution is 5.87. The number of nitrogens with zero attached hydrogens (tertiary/aromatic N) is 4. The number of hydrogen-bond acceptors (Lipinski definition) is 6. The number of carbonyl (C=O) groups excluding carboxylic acids is 1. The SMILES string of the molecule is COC(=O)c1cccc(-c2nccn2[C@@H]2COC[C@H]2Cc2ccncc2)n1. The number of hydrogen-bond donors (Lipinski definition) is 0. The second-order valence-electron chi connectivity index (χ2n) is 6.48. The fourth-order valence-electron chi connectivity index (χ4n) is 3.47. The van der Waals surface area contributed by atoms with Crippen molar-refractivity contribution in [2.75, 3.05) is 20.3 Å². The first-order valence-electron chi connectivity index (χ1n) is 8.81. The van der Waals surface area contributed by atoms with E-state index >= 15 is 0 Å². The van der Waals surface area contributed by atoms with E-state index in [9.17, 15) is 4.79 Å². The molecule has 0 spiro atoms. The number of carbonyl (C=O) groups is 1. The van der Waals surface area contributed by atoms with Gasteiger partial charge in [-0.15, -0.1) is 0 Å². The molecule has 1 aliphatic heterocycles. The van der Waals surface area contributed by atoms with Crippen LogP contribution in [0.2, 0.25) is 0 Å². The minimum Gasteiger partial charge on any atom is -0.464 e. The molecule has 0 unspecified atom stereocenters. The molecule has 7 heteroatoms. The van der Waals surface area contributed by atoms with Gasteiger partial charge in [0.05, 0.1) is 26.4 Å². The van der Waals surface area contributed by atoms with Gasteiger partial charge in [0.25, 0.3) is 0 Å². The normalized spacial score (nSPS) is 19.1. The van der Waals surface area contributed by atoms with E-state index in [0.717, 1.165) is 12.2 Å². The molecule has 4 heterocycles. The topological polar surface area (TPSA) is 79.1 Å². The molecule has 0 aliphatic carbocycles. The Hall–Kier alpha value is -3.06. The van der Waals surface area contributed by atoms with E-state index in [-0.39, 0.29) is 11.7 Å². The number of methoxy groups -OCH3 is 1. The molecule has 3 aromatic rings. The van der Waals surface area contributed by atoms with Crippen molar-refractivity contribution in [2.45, 2.75) is 12.5 Å². The van der Waals surface area contributed by atoms with Crippen molar-refractivity contribution in [2.24, 2.45) is 5.92 Å². The fourth-order valence-corrected chi connectivity index (χ4v) is 3.47. The summed E-state index contributed by atoms with van der Waals surface area (Å²) in [5, 5.41) is 0. The number of imidazole rings is 1. The van der Waals surface area contributed by atoms with Crippen LogP contribution in [0.5, 0.6) is 0 Å². The smallest absolute Gasteiger partial charge is 0.356 e. The van der Waals surface area contributed by atoms with Crippen molar-refractivity contribution >= 4 is 5.97 Å². The summed E-state index contributed by atoms with van der Waals surface area (Å²) in [5.74, 6) is 0.579. The molecule has 1 aliphatic rings. The number of aromatic nitrogens is 4. The summed E-state index contributed by atoms with van der Waals surface area (Å²) in [6, 6.07) is 9.48. The Morgan fingerprint density at radius 3 is 2.89 bits per heavy atom. The molecule has 0 saturated carbocycles. The lowest BCUT2D eigenvalue weighted by Gasteiger charge is -2.21. The minimum atomic E-state index is -0.463. The van der Waals surface area contributed by atoms with Crippen LogP contribution in [-0.4, -0.2) is 45.8 Å². The lowest BCUT2D eigenvalue weighted by molar-refractivity contribution is 0.0594. The molecular formula is C20H20N4O3. The molecule has 27 heavy (non-hydrogen) atoms. The van der Waals surface area contributed by atoms with Crippen LogP contribution >= 0.6 is 0 Å². The Morgan fingerprint density at radius 1 is 1.22 bits per heavy atom. The zero-order valence-electron chi connectivity index (χ0n) is 15.0. The highest BCUT2D eigenvalue weighted by atomic mass is 16.5. The molecule has 3 aromatic heterocycles. The molecule has 2 atom stereocenters. The Kier molecular flexibility index (Phi) is 4.93. The number of ether oxygens (including phenoxy) is 2. The van der Waals surface area contributed by atoms with E-state index in [2.05, 4.69) is 19.5 Å². The monoisotopic (exact) mass is 364 g/mol. The van der Waals surface area contributed by atoms with Crippen molar-refractivity contribution < 1.29 is 14.3 Å². The molecule has 0 bridgehead atoms. The van der Waals surface area contributed by atoms with Crippen molar-refractivity contribution in [1.29, 1.82) is 0 Å². The van der Waals surface area contributed by atoms with E-state index in [4.69, 9.17) is 9.47 Å². The highest BCUT2D eigenvalue weighted by Gasteiger charge is 2.31. The molecule has 7 nitrogen and oxygen atoms in total. The van der Waals surface area contributed by atoms with Gasteiger partial charge in [-0.05, 0) is 36.2 Å². The average molecular weight is 364 g/mol. The molecule has 1 saturated heterocycles. The quantitative estimate of drug-likeness (QED) is 0.648. The van der Waals surface area contributed by atoms with Crippen molar-refractivity contribution in [3.63, 3.8) is 0 Å². The molecule has 0 N–H and O–H groups in total. The van der Waals surface area contributed by atoms with Crippen LogP contribution in [-0.2, 0) is 15.9 Å². The predicted molar refractivity (Wildman–Crippen MR) is 98.1 cm³/mol. The molecule has 0 amide bonds. The van der Waals surface area contributed by atoms with Crippen LogP contribution in [0.1, 0.15) is 22.1 Å². The maximum absolute atomic E-state index is 11.8. The van der Waals surface area contributed by atoms with Crippen molar-refractivity contribution in [3.8, 4) is 11.5 Å². The summed E-state index contributed by atoms with van der Waals surface area (Å²) >= 11 is 0. The molecular weight excluding hydrogens is 344 g/mol. The number of pyridine rings is 2. The van der Waals surface area contributed by atoms with Gasteiger partial charge in [0.15, 0.2) is 5.82 Å². The number of rotatable bonds is 5. The minimum absolute atomic E-state index is 0.152. The van der Waals surface area contributed by atoms with Gasteiger partial charge >= 0.3 is 5.97 Å². The Labute approximate surface area is 157 Å². The van der Waals surface area contributed by atoms with Gasteiger partial charge in [-0.25, -0.2) is 14.8 Å². The van der Waals surface area contributed by atoms with E-state index in [1.807, 2.05) is 36.8 Å². The van der Waals surface area contributed by atoms with E-state index < -0.39 is 5.97 Å². The highest BCUT2D eigenvalue weighted by Crippen LogP contribution is 2.32. The molecule has 138 valence electrons. The zero-order valence-corrected chi connectivity index (χ0v) is 15.0. The van der Waals surface area contributed by atoms with Gasteiger partial charge in [-0.3, -0.25) is 4.98 Å². The predicted octanol–water partition coefficient (Wildman–Crippen LogP) is 2.56. The van der Waals surface area contributed by atoms with Crippen molar-refractivity contribution in [1.82, 2.24) is 19.5 Å². The lowest BCUT2D eigenvalue weighted by atomic mass is 9.95. The summed E-state index contributed by atoms with van der Waals surface area (Å²) in [6.07, 6.45) is 8.22. The second kappa shape index (κ2) is 7.67. The lowest BCUT2D eigenvalue weighted by Crippen LogP contribution is -2.20. The second-order valence-corrected chi connectivity index (χ2v) is 6.48. The van der Waals surface area contributed by atoms with Gasteiger partial charge in [0.2, 0.25) is 0 Å². The maximum Gasteiger partial charge on any atom is 0.356 e. The van der Waals surface area contributed by atoms with Gasteiger partial charge in [-0.1, -0.05) is 6.07 Å². The number of esters is 1. The Balaban J connectivity index is 1.62. The average Bonchev–Trinajstić information content (AvgIpc) is 3.37. The van der Waals surface area contributed by atoms with E-state index in [0.29, 0.717) is 24.8 Å².